The van der Waals surface area contributed by atoms with Gasteiger partial charge in [-0.2, -0.15) is 0 Å². The van der Waals surface area contributed by atoms with Crippen molar-refractivity contribution in [1.82, 2.24) is 4.90 Å². The van der Waals surface area contributed by atoms with Crippen molar-refractivity contribution in [3.05, 3.63) is 33.9 Å². The van der Waals surface area contributed by atoms with E-state index in [4.69, 9.17) is 5.11 Å². The lowest BCUT2D eigenvalue weighted by molar-refractivity contribution is -0.384. The topological polar surface area (TPSA) is 113 Å². The van der Waals surface area contributed by atoms with Crippen LogP contribution in [0.25, 0.3) is 0 Å². The molecule has 0 aliphatic rings. The predicted molar refractivity (Wildman–Crippen MR) is 67.2 cm³/mol. The van der Waals surface area contributed by atoms with Crippen LogP contribution in [0.4, 0.5) is 11.4 Å². The molecule has 0 aliphatic carbocycles. The highest BCUT2D eigenvalue weighted by molar-refractivity contribution is 5.95. The van der Waals surface area contributed by atoms with Crippen molar-refractivity contribution >= 4 is 23.3 Å². The maximum absolute atomic E-state index is 11.4. The molecule has 0 radical (unpaired) electrons. The molecule has 2 N–H and O–H groups in total. The normalized spacial score (nSPS) is 9.79. The van der Waals surface area contributed by atoms with Gasteiger partial charge < -0.3 is 15.3 Å². The first kappa shape index (κ1) is 14.4. The Kier molecular flexibility index (Phi) is 4.41. The molecule has 0 atom stereocenters. The summed E-state index contributed by atoms with van der Waals surface area (Å²) in [5.41, 5.74) is -0.334. The molecule has 0 spiro atoms. The number of anilines is 1. The number of nitro groups is 1. The van der Waals surface area contributed by atoms with Gasteiger partial charge in [0, 0.05) is 26.2 Å². The number of rotatable bonds is 5. The summed E-state index contributed by atoms with van der Waals surface area (Å²) in [5, 5.41) is 22.2. The first-order chi connectivity index (χ1) is 8.82. The van der Waals surface area contributed by atoms with Gasteiger partial charge in [-0.05, 0) is 6.07 Å². The third kappa shape index (κ3) is 3.66. The second-order valence-electron chi connectivity index (χ2n) is 3.93. The second kappa shape index (κ2) is 5.80. The van der Waals surface area contributed by atoms with Gasteiger partial charge in [0.15, 0.2) is 0 Å². The number of nitro benzene ring substituents is 1. The number of nitrogens with zero attached hydrogens (tertiary/aromatic N) is 2. The number of hydrogen-bond donors (Lipinski definition) is 2. The lowest BCUT2D eigenvalue weighted by Gasteiger charge is -2.13. The van der Waals surface area contributed by atoms with Crippen LogP contribution in [-0.4, -0.2) is 47.4 Å². The van der Waals surface area contributed by atoms with E-state index in [0.717, 1.165) is 18.2 Å². The highest BCUT2D eigenvalue weighted by Gasteiger charge is 2.16. The van der Waals surface area contributed by atoms with Crippen molar-refractivity contribution in [1.29, 1.82) is 0 Å². The van der Waals surface area contributed by atoms with Gasteiger partial charge in [0.1, 0.15) is 0 Å². The Labute approximate surface area is 108 Å². The Morgan fingerprint density at radius 1 is 1.42 bits per heavy atom. The van der Waals surface area contributed by atoms with E-state index in [9.17, 15) is 19.7 Å². The molecule has 1 amide bonds. The molecular formula is C11H13N3O5. The molecule has 102 valence electrons. The number of carbonyl (C=O) groups is 2. The van der Waals surface area contributed by atoms with Crippen LogP contribution < -0.4 is 5.32 Å². The molecule has 0 heterocycles. The summed E-state index contributed by atoms with van der Waals surface area (Å²) in [4.78, 5) is 33.7. The summed E-state index contributed by atoms with van der Waals surface area (Å²) in [6, 6.07) is 3.32. The van der Waals surface area contributed by atoms with E-state index in [1.54, 1.807) is 14.1 Å². The summed E-state index contributed by atoms with van der Waals surface area (Å²) in [5.74, 6) is -1.50. The number of amides is 1. The van der Waals surface area contributed by atoms with Crippen molar-refractivity contribution in [2.24, 2.45) is 0 Å². The lowest BCUT2D eigenvalue weighted by Crippen LogP contribution is -2.29. The first-order valence-electron chi connectivity index (χ1n) is 5.28. The molecule has 1 aromatic carbocycles. The Hall–Kier alpha value is -2.64. The summed E-state index contributed by atoms with van der Waals surface area (Å²) < 4.78 is 0. The number of hydrogen-bond acceptors (Lipinski definition) is 5. The average Bonchev–Trinajstić information content (AvgIpc) is 2.34. The van der Waals surface area contributed by atoms with Crippen molar-refractivity contribution in [2.45, 2.75) is 0 Å². The molecule has 1 aromatic rings. The van der Waals surface area contributed by atoms with E-state index in [0.29, 0.717) is 0 Å². The van der Waals surface area contributed by atoms with Crippen LogP contribution in [0.1, 0.15) is 10.4 Å². The highest BCUT2D eigenvalue weighted by atomic mass is 16.6. The number of carbonyl (C=O) groups excluding carboxylic acids is 1. The minimum absolute atomic E-state index is 0.0388. The zero-order valence-corrected chi connectivity index (χ0v) is 10.4. The molecule has 0 saturated heterocycles. The molecule has 0 bridgehead atoms. The zero-order chi connectivity index (χ0) is 14.6. The van der Waals surface area contributed by atoms with Gasteiger partial charge in [-0.15, -0.1) is 0 Å². The van der Waals surface area contributed by atoms with Crippen LogP contribution in [0.5, 0.6) is 0 Å². The third-order valence-corrected chi connectivity index (χ3v) is 2.37. The standard InChI is InChI=1S/C11H13N3O5/c1-13(2)10(15)6-12-9-5-7(14(18)19)3-4-8(9)11(16)17/h3-5,12H,6H2,1-2H3,(H,16,17). The maximum Gasteiger partial charge on any atom is 0.337 e. The predicted octanol–water partition coefficient (Wildman–Crippen LogP) is 0.793. The fourth-order valence-corrected chi connectivity index (χ4v) is 1.31. The minimum Gasteiger partial charge on any atom is -0.478 e. The molecule has 19 heavy (non-hydrogen) atoms. The number of carboxylic acids is 1. The van der Waals surface area contributed by atoms with Crippen molar-refractivity contribution in [3.63, 3.8) is 0 Å². The largest absolute Gasteiger partial charge is 0.478 e. The lowest BCUT2D eigenvalue weighted by atomic mass is 10.1. The summed E-state index contributed by atoms with van der Waals surface area (Å²) in [6.45, 7) is -0.144. The van der Waals surface area contributed by atoms with E-state index in [1.807, 2.05) is 0 Å². The van der Waals surface area contributed by atoms with E-state index in [1.165, 1.54) is 4.90 Å². The third-order valence-electron chi connectivity index (χ3n) is 2.37. The molecule has 8 heteroatoms. The van der Waals surface area contributed by atoms with Gasteiger partial charge in [0.25, 0.3) is 5.69 Å². The fourth-order valence-electron chi connectivity index (χ4n) is 1.31. The SMILES string of the molecule is CN(C)C(=O)CNc1cc([N+](=O)[O-])ccc1C(=O)O. The molecule has 0 fully saturated rings. The van der Waals surface area contributed by atoms with E-state index in [2.05, 4.69) is 5.32 Å². The molecule has 0 unspecified atom stereocenters. The number of aromatic carboxylic acids is 1. The van der Waals surface area contributed by atoms with Crippen LogP contribution in [0, 0.1) is 10.1 Å². The molecule has 0 saturated carbocycles. The first-order valence-corrected chi connectivity index (χ1v) is 5.28. The van der Waals surface area contributed by atoms with Gasteiger partial charge in [-0.25, -0.2) is 4.79 Å². The Balaban J connectivity index is 3.01. The molecule has 0 aliphatic heterocycles. The number of likely N-dealkylation sites (N-methyl/N-ethyl adjacent to an activating group) is 1. The van der Waals surface area contributed by atoms with Crippen LogP contribution >= 0.6 is 0 Å². The smallest absolute Gasteiger partial charge is 0.337 e. The van der Waals surface area contributed by atoms with Gasteiger partial charge >= 0.3 is 5.97 Å². The number of carboxylic acid groups (broad SMARTS) is 1. The van der Waals surface area contributed by atoms with Crippen molar-refractivity contribution in [2.75, 3.05) is 26.0 Å². The zero-order valence-electron chi connectivity index (χ0n) is 10.4. The Morgan fingerprint density at radius 2 is 2.05 bits per heavy atom. The minimum atomic E-state index is -1.23. The van der Waals surface area contributed by atoms with E-state index >= 15 is 0 Å². The van der Waals surface area contributed by atoms with E-state index in [-0.39, 0.29) is 29.4 Å². The summed E-state index contributed by atoms with van der Waals surface area (Å²) in [7, 11) is 3.10. The van der Waals surface area contributed by atoms with Gasteiger partial charge in [-0.3, -0.25) is 14.9 Å². The number of benzene rings is 1. The van der Waals surface area contributed by atoms with Gasteiger partial charge in [0.2, 0.25) is 5.91 Å². The summed E-state index contributed by atoms with van der Waals surface area (Å²) in [6.07, 6.45) is 0. The van der Waals surface area contributed by atoms with Crippen LogP contribution in [0.15, 0.2) is 18.2 Å². The highest BCUT2D eigenvalue weighted by Crippen LogP contribution is 2.22. The number of nitrogens with one attached hydrogen (secondary N) is 1. The maximum atomic E-state index is 11.4. The van der Waals surface area contributed by atoms with E-state index < -0.39 is 10.9 Å². The van der Waals surface area contributed by atoms with Gasteiger partial charge in [0.05, 0.1) is 22.7 Å². The quantitative estimate of drug-likeness (QED) is 0.602. The second-order valence-corrected chi connectivity index (χ2v) is 3.93. The van der Waals surface area contributed by atoms with Crippen LogP contribution in [-0.2, 0) is 4.79 Å². The van der Waals surface area contributed by atoms with Crippen LogP contribution in [0.2, 0.25) is 0 Å². The fraction of sp³-hybridized carbons (Fsp3) is 0.273. The van der Waals surface area contributed by atoms with Crippen molar-refractivity contribution in [3.8, 4) is 0 Å². The van der Waals surface area contributed by atoms with Crippen LogP contribution in [0.3, 0.4) is 0 Å². The Morgan fingerprint density at radius 3 is 2.53 bits per heavy atom. The number of non-ortho nitro benzene ring substituents is 1. The molecule has 0 aromatic heterocycles. The van der Waals surface area contributed by atoms with Crippen molar-refractivity contribution < 1.29 is 19.6 Å². The molecule has 8 nitrogen and oxygen atoms in total. The molecule has 1 rings (SSSR count). The molecular weight excluding hydrogens is 254 g/mol. The summed E-state index contributed by atoms with van der Waals surface area (Å²) >= 11 is 0. The van der Waals surface area contributed by atoms with Gasteiger partial charge in [-0.1, -0.05) is 0 Å². The average molecular weight is 267 g/mol. The Bertz CT molecular complexity index is 527. The monoisotopic (exact) mass is 267 g/mol.